The molecule has 0 saturated carbocycles. The molecular formula is C16H12N2O5. The molecule has 0 unspecified atom stereocenters. The van der Waals surface area contributed by atoms with Crippen LogP contribution < -0.4 is 0 Å². The third-order valence-electron chi connectivity index (χ3n) is 3.79. The lowest BCUT2D eigenvalue weighted by Crippen LogP contribution is -2.41. The van der Waals surface area contributed by atoms with Gasteiger partial charge >= 0.3 is 5.97 Å². The van der Waals surface area contributed by atoms with Gasteiger partial charge < -0.3 is 5.11 Å². The van der Waals surface area contributed by atoms with Crippen LogP contribution in [0.3, 0.4) is 0 Å². The summed E-state index contributed by atoms with van der Waals surface area (Å²) in [6.45, 7) is 0.0124. The smallest absolute Gasteiger partial charge is 0.303 e. The van der Waals surface area contributed by atoms with E-state index < -0.39 is 17.8 Å². The Morgan fingerprint density at radius 2 is 1.87 bits per heavy atom. The molecule has 2 aromatic carbocycles. The van der Waals surface area contributed by atoms with E-state index >= 15 is 0 Å². The Balaban J connectivity index is 2.08. The number of imide groups is 1. The molecule has 1 N–H and O–H groups in total. The fourth-order valence-electron chi connectivity index (χ4n) is 2.79. The van der Waals surface area contributed by atoms with Crippen molar-refractivity contribution in [3.63, 3.8) is 0 Å². The lowest BCUT2D eigenvalue weighted by Gasteiger charge is -2.27. The van der Waals surface area contributed by atoms with Crippen LogP contribution in [0.25, 0.3) is 10.8 Å². The van der Waals surface area contributed by atoms with Gasteiger partial charge in [-0.1, -0.05) is 12.1 Å². The van der Waals surface area contributed by atoms with Crippen molar-refractivity contribution in [2.75, 3.05) is 6.54 Å². The van der Waals surface area contributed by atoms with Crippen molar-refractivity contribution in [1.29, 1.82) is 0 Å². The highest BCUT2D eigenvalue weighted by Gasteiger charge is 2.32. The molecule has 0 fully saturated rings. The molecule has 116 valence electrons. The first-order valence-corrected chi connectivity index (χ1v) is 7.01. The summed E-state index contributed by atoms with van der Waals surface area (Å²) in [6, 6.07) is 7.86. The van der Waals surface area contributed by atoms with Gasteiger partial charge in [0.05, 0.1) is 5.56 Å². The number of hydrogen-bond acceptors (Lipinski definition) is 5. The minimum Gasteiger partial charge on any atom is -0.481 e. The fourth-order valence-corrected chi connectivity index (χ4v) is 2.79. The Labute approximate surface area is 130 Å². The van der Waals surface area contributed by atoms with Gasteiger partial charge in [-0.3, -0.25) is 19.3 Å². The third-order valence-corrected chi connectivity index (χ3v) is 3.79. The molecule has 0 saturated heterocycles. The number of rotatable bonds is 5. The van der Waals surface area contributed by atoms with Gasteiger partial charge in [0.2, 0.25) is 0 Å². The van der Waals surface area contributed by atoms with E-state index in [-0.39, 0.29) is 30.6 Å². The summed E-state index contributed by atoms with van der Waals surface area (Å²) >= 11 is 0. The summed E-state index contributed by atoms with van der Waals surface area (Å²) in [4.78, 5) is 47.5. The van der Waals surface area contributed by atoms with Crippen molar-refractivity contribution in [2.24, 2.45) is 5.18 Å². The summed E-state index contributed by atoms with van der Waals surface area (Å²) < 4.78 is 0. The zero-order valence-electron chi connectivity index (χ0n) is 12.0. The van der Waals surface area contributed by atoms with Crippen LogP contribution >= 0.6 is 0 Å². The van der Waals surface area contributed by atoms with Gasteiger partial charge in [-0.05, 0) is 35.2 Å². The van der Waals surface area contributed by atoms with E-state index in [9.17, 15) is 19.3 Å². The van der Waals surface area contributed by atoms with Gasteiger partial charge in [-0.25, -0.2) is 0 Å². The average Bonchev–Trinajstić information content (AvgIpc) is 2.54. The Morgan fingerprint density at radius 1 is 1.13 bits per heavy atom. The number of aliphatic carboxylic acids is 1. The molecule has 0 atom stereocenters. The largest absolute Gasteiger partial charge is 0.481 e. The van der Waals surface area contributed by atoms with E-state index in [0.717, 1.165) is 4.90 Å². The Morgan fingerprint density at radius 3 is 2.57 bits per heavy atom. The van der Waals surface area contributed by atoms with Crippen LogP contribution in [-0.2, 0) is 4.79 Å². The number of nitrogens with zero attached hydrogens (tertiary/aromatic N) is 2. The van der Waals surface area contributed by atoms with Crippen molar-refractivity contribution in [3.8, 4) is 0 Å². The van der Waals surface area contributed by atoms with Crippen LogP contribution in [0.1, 0.15) is 33.6 Å². The van der Waals surface area contributed by atoms with E-state index in [4.69, 9.17) is 5.11 Å². The minimum absolute atomic E-state index is 0.0124. The molecule has 2 aromatic rings. The second kappa shape index (κ2) is 5.60. The Bertz CT molecular complexity index is 859. The first-order valence-electron chi connectivity index (χ1n) is 7.01. The molecule has 0 aromatic heterocycles. The molecule has 3 rings (SSSR count). The topological polar surface area (TPSA) is 104 Å². The van der Waals surface area contributed by atoms with E-state index in [1.807, 2.05) is 0 Å². The molecule has 1 aliphatic rings. The van der Waals surface area contributed by atoms with Crippen molar-refractivity contribution >= 4 is 34.2 Å². The second-order valence-corrected chi connectivity index (χ2v) is 5.25. The molecule has 0 radical (unpaired) electrons. The standard InChI is InChI=1S/C16H12N2O5/c19-13(20)5-2-6-18-15(21)11-4-1-3-9-7-10(17-23)8-12(14(9)11)16(18)22/h1,3-4,7-8H,2,5-6H2,(H,19,20). The number of nitroso groups, excluding NO2 is 1. The quantitative estimate of drug-likeness (QED) is 0.675. The summed E-state index contributed by atoms with van der Waals surface area (Å²) in [5.74, 6) is -1.98. The summed E-state index contributed by atoms with van der Waals surface area (Å²) in [5, 5.41) is 12.7. The molecule has 1 heterocycles. The molecule has 23 heavy (non-hydrogen) atoms. The zero-order chi connectivity index (χ0) is 16.6. The Kier molecular flexibility index (Phi) is 3.61. The number of carbonyl (C=O) groups excluding carboxylic acids is 2. The van der Waals surface area contributed by atoms with Crippen molar-refractivity contribution in [2.45, 2.75) is 12.8 Å². The van der Waals surface area contributed by atoms with Crippen LogP contribution in [0.15, 0.2) is 35.5 Å². The van der Waals surface area contributed by atoms with Crippen LogP contribution in [0.5, 0.6) is 0 Å². The molecule has 0 spiro atoms. The predicted molar refractivity (Wildman–Crippen MR) is 81.6 cm³/mol. The maximum absolute atomic E-state index is 12.6. The van der Waals surface area contributed by atoms with Crippen LogP contribution in [0.2, 0.25) is 0 Å². The number of benzene rings is 2. The van der Waals surface area contributed by atoms with Gasteiger partial charge in [0.1, 0.15) is 5.69 Å². The van der Waals surface area contributed by atoms with E-state index in [2.05, 4.69) is 5.18 Å². The minimum atomic E-state index is -0.989. The molecular weight excluding hydrogens is 300 g/mol. The maximum Gasteiger partial charge on any atom is 0.303 e. The number of carbonyl (C=O) groups is 3. The molecule has 2 amide bonds. The molecule has 7 heteroatoms. The fraction of sp³-hybridized carbons (Fsp3) is 0.188. The van der Waals surface area contributed by atoms with Gasteiger partial charge in [0.25, 0.3) is 11.8 Å². The lowest BCUT2D eigenvalue weighted by molar-refractivity contribution is -0.137. The third kappa shape index (κ3) is 2.46. The predicted octanol–water partition coefficient (Wildman–Crippen LogP) is 2.70. The van der Waals surface area contributed by atoms with Crippen LogP contribution in [0, 0.1) is 4.91 Å². The molecule has 7 nitrogen and oxygen atoms in total. The molecule has 0 bridgehead atoms. The summed E-state index contributed by atoms with van der Waals surface area (Å²) in [7, 11) is 0. The zero-order valence-corrected chi connectivity index (χ0v) is 12.0. The number of amides is 2. The molecule has 0 aliphatic carbocycles. The van der Waals surface area contributed by atoms with Crippen molar-refractivity contribution in [3.05, 3.63) is 46.4 Å². The van der Waals surface area contributed by atoms with Crippen LogP contribution in [-0.4, -0.2) is 34.3 Å². The van der Waals surface area contributed by atoms with Gasteiger partial charge in [-0.2, -0.15) is 0 Å². The summed E-state index contributed by atoms with van der Waals surface area (Å²) in [6.07, 6.45) is 0.0355. The van der Waals surface area contributed by atoms with E-state index in [1.54, 1.807) is 18.2 Å². The first kappa shape index (κ1) is 14.8. The molecule has 1 aliphatic heterocycles. The number of carboxylic acids is 1. The SMILES string of the molecule is O=Nc1cc2c3c(cccc3c1)C(=O)N(CCCC(=O)O)C2=O. The van der Waals surface area contributed by atoms with Crippen LogP contribution in [0.4, 0.5) is 5.69 Å². The van der Waals surface area contributed by atoms with Crippen molar-refractivity contribution in [1.82, 2.24) is 4.90 Å². The number of carboxylic acid groups (broad SMARTS) is 1. The first-order chi connectivity index (χ1) is 11.0. The second-order valence-electron chi connectivity index (χ2n) is 5.25. The normalized spacial score (nSPS) is 13.5. The Hall–Kier alpha value is -3.09. The van der Waals surface area contributed by atoms with Gasteiger partial charge in [-0.15, -0.1) is 4.91 Å². The van der Waals surface area contributed by atoms with E-state index in [1.165, 1.54) is 12.1 Å². The maximum atomic E-state index is 12.6. The number of hydrogen-bond donors (Lipinski definition) is 1. The monoisotopic (exact) mass is 312 g/mol. The highest BCUT2D eigenvalue weighted by Crippen LogP contribution is 2.33. The van der Waals surface area contributed by atoms with Gasteiger partial charge in [0.15, 0.2) is 0 Å². The highest BCUT2D eigenvalue weighted by molar-refractivity contribution is 6.25. The summed E-state index contributed by atoms with van der Waals surface area (Å²) in [5.41, 5.74) is 0.713. The highest BCUT2D eigenvalue weighted by atomic mass is 16.4. The van der Waals surface area contributed by atoms with Gasteiger partial charge in [0, 0.05) is 23.9 Å². The average molecular weight is 312 g/mol. The van der Waals surface area contributed by atoms with E-state index in [0.29, 0.717) is 16.3 Å². The van der Waals surface area contributed by atoms with Crippen molar-refractivity contribution < 1.29 is 19.5 Å². The lowest BCUT2D eigenvalue weighted by atomic mass is 9.93.